The van der Waals surface area contributed by atoms with Crippen LogP contribution in [0.4, 0.5) is 0 Å². The van der Waals surface area contributed by atoms with Crippen molar-refractivity contribution in [2.75, 3.05) is 20.2 Å². The second-order valence-electron chi connectivity index (χ2n) is 8.33. The van der Waals surface area contributed by atoms with E-state index in [9.17, 15) is 4.79 Å². The summed E-state index contributed by atoms with van der Waals surface area (Å²) in [6, 6.07) is 9.99. The van der Waals surface area contributed by atoms with Crippen molar-refractivity contribution in [1.82, 2.24) is 14.9 Å². The molecule has 28 heavy (non-hydrogen) atoms. The van der Waals surface area contributed by atoms with Crippen LogP contribution < -0.4 is 5.56 Å². The number of H-pyrrole nitrogens is 1. The largest absolute Gasteiger partial charge is 0.380 e. The molecule has 0 radical (unpaired) electrons. The van der Waals surface area contributed by atoms with Gasteiger partial charge in [0.25, 0.3) is 5.56 Å². The van der Waals surface area contributed by atoms with Crippen LogP contribution in [0.5, 0.6) is 0 Å². The molecule has 0 spiro atoms. The van der Waals surface area contributed by atoms with Gasteiger partial charge in [-0.25, -0.2) is 4.98 Å². The summed E-state index contributed by atoms with van der Waals surface area (Å²) in [6.07, 6.45) is 8.66. The van der Waals surface area contributed by atoms with Gasteiger partial charge in [-0.15, -0.1) is 0 Å². The highest BCUT2D eigenvalue weighted by molar-refractivity contribution is 5.60. The molecule has 2 aliphatic rings. The Morgan fingerprint density at radius 1 is 1.18 bits per heavy atom. The molecule has 0 amide bonds. The van der Waals surface area contributed by atoms with Crippen molar-refractivity contribution in [3.63, 3.8) is 0 Å². The van der Waals surface area contributed by atoms with Gasteiger partial charge >= 0.3 is 0 Å². The molecule has 2 fully saturated rings. The van der Waals surface area contributed by atoms with Gasteiger partial charge in [0.1, 0.15) is 5.82 Å². The lowest BCUT2D eigenvalue weighted by molar-refractivity contribution is 0.0286. The predicted molar refractivity (Wildman–Crippen MR) is 111 cm³/mol. The Labute approximate surface area is 167 Å². The number of aromatic nitrogens is 2. The number of benzene rings is 1. The Balaban J connectivity index is 1.57. The fourth-order valence-corrected chi connectivity index (χ4v) is 4.73. The lowest BCUT2D eigenvalue weighted by Gasteiger charge is -2.32. The first-order chi connectivity index (χ1) is 13.7. The monoisotopic (exact) mass is 381 g/mol. The summed E-state index contributed by atoms with van der Waals surface area (Å²) in [5.41, 5.74) is 3.12. The maximum Gasteiger partial charge on any atom is 0.251 e. The van der Waals surface area contributed by atoms with E-state index in [1.165, 1.54) is 31.2 Å². The number of likely N-dealkylation sites (tertiary alicyclic amines) is 1. The van der Waals surface area contributed by atoms with Gasteiger partial charge < -0.3 is 9.72 Å². The van der Waals surface area contributed by atoms with E-state index in [4.69, 9.17) is 9.72 Å². The molecule has 1 aromatic carbocycles. The molecule has 2 aromatic rings. The molecule has 5 nitrogen and oxygen atoms in total. The topological polar surface area (TPSA) is 58.2 Å². The number of aromatic amines is 1. The van der Waals surface area contributed by atoms with E-state index in [1.54, 1.807) is 13.2 Å². The van der Waals surface area contributed by atoms with Gasteiger partial charge in [0.2, 0.25) is 0 Å². The van der Waals surface area contributed by atoms with Crippen LogP contribution >= 0.6 is 0 Å². The van der Waals surface area contributed by atoms with Crippen molar-refractivity contribution >= 4 is 0 Å². The van der Waals surface area contributed by atoms with Gasteiger partial charge in [-0.05, 0) is 37.3 Å². The molecule has 5 heteroatoms. The standard InChI is InChI=1S/C23H31N3O2/c1-28-20-10-6-12-26(16-20)15-18-9-4-5-11-21(18)23-24-19(14-22(27)25-23)13-17-7-2-3-8-17/h4-5,9,11,14,17,20H,2-3,6-8,10,12-13,15-16H2,1H3,(H,24,25,27). The number of hydrogen-bond donors (Lipinski definition) is 1. The first kappa shape index (κ1) is 19.3. The van der Waals surface area contributed by atoms with Gasteiger partial charge in [0, 0.05) is 37.5 Å². The van der Waals surface area contributed by atoms with E-state index >= 15 is 0 Å². The second kappa shape index (κ2) is 9.01. The van der Waals surface area contributed by atoms with Crippen molar-refractivity contribution in [2.24, 2.45) is 5.92 Å². The fraction of sp³-hybridized carbons (Fsp3) is 0.565. The lowest BCUT2D eigenvalue weighted by atomic mass is 10.0. The van der Waals surface area contributed by atoms with Crippen LogP contribution in [-0.2, 0) is 17.7 Å². The Hall–Kier alpha value is -1.98. The van der Waals surface area contributed by atoms with Crippen LogP contribution in [0.15, 0.2) is 35.1 Å². The van der Waals surface area contributed by atoms with E-state index in [0.717, 1.165) is 50.2 Å². The van der Waals surface area contributed by atoms with Crippen molar-refractivity contribution in [2.45, 2.75) is 57.6 Å². The van der Waals surface area contributed by atoms with Crippen molar-refractivity contribution in [3.05, 3.63) is 51.9 Å². The molecule has 1 aromatic heterocycles. The molecule has 1 unspecified atom stereocenters. The lowest BCUT2D eigenvalue weighted by Crippen LogP contribution is -2.38. The van der Waals surface area contributed by atoms with Crippen LogP contribution in [0, 0.1) is 5.92 Å². The molecule has 1 saturated carbocycles. The van der Waals surface area contributed by atoms with Gasteiger partial charge in [0.15, 0.2) is 0 Å². The van der Waals surface area contributed by atoms with Crippen LogP contribution in [-0.4, -0.2) is 41.2 Å². The minimum absolute atomic E-state index is 0.0507. The van der Waals surface area contributed by atoms with E-state index in [2.05, 4.69) is 28.1 Å². The molecular weight excluding hydrogens is 350 g/mol. The molecule has 1 aliphatic heterocycles. The van der Waals surface area contributed by atoms with E-state index in [-0.39, 0.29) is 5.56 Å². The first-order valence-electron chi connectivity index (χ1n) is 10.6. The van der Waals surface area contributed by atoms with Gasteiger partial charge in [0.05, 0.1) is 6.10 Å². The number of ether oxygens (including phenoxy) is 1. The number of nitrogens with zero attached hydrogens (tertiary/aromatic N) is 2. The van der Waals surface area contributed by atoms with Crippen LogP contribution in [0.25, 0.3) is 11.4 Å². The molecule has 1 atom stereocenters. The number of rotatable bonds is 6. The van der Waals surface area contributed by atoms with Crippen LogP contribution in [0.2, 0.25) is 0 Å². The number of nitrogens with one attached hydrogen (secondary N) is 1. The highest BCUT2D eigenvalue weighted by Crippen LogP contribution is 2.28. The fourth-order valence-electron chi connectivity index (χ4n) is 4.73. The van der Waals surface area contributed by atoms with Gasteiger partial charge in [-0.3, -0.25) is 9.69 Å². The van der Waals surface area contributed by atoms with E-state index in [0.29, 0.717) is 17.8 Å². The summed E-state index contributed by atoms with van der Waals surface area (Å²) >= 11 is 0. The highest BCUT2D eigenvalue weighted by Gasteiger charge is 2.21. The Morgan fingerprint density at radius 2 is 2.00 bits per heavy atom. The normalized spacial score (nSPS) is 21.2. The van der Waals surface area contributed by atoms with E-state index < -0.39 is 0 Å². The molecule has 150 valence electrons. The average molecular weight is 382 g/mol. The zero-order chi connectivity index (χ0) is 19.3. The number of piperidine rings is 1. The zero-order valence-electron chi connectivity index (χ0n) is 16.8. The Morgan fingerprint density at radius 3 is 2.82 bits per heavy atom. The summed E-state index contributed by atoms with van der Waals surface area (Å²) < 4.78 is 5.57. The molecule has 1 saturated heterocycles. The molecule has 0 bridgehead atoms. The second-order valence-corrected chi connectivity index (χ2v) is 8.33. The maximum absolute atomic E-state index is 12.3. The van der Waals surface area contributed by atoms with Crippen LogP contribution in [0.3, 0.4) is 0 Å². The molecular formula is C23H31N3O2. The number of hydrogen-bond acceptors (Lipinski definition) is 4. The molecule has 4 rings (SSSR count). The van der Waals surface area contributed by atoms with E-state index in [1.807, 2.05) is 6.07 Å². The summed E-state index contributed by atoms with van der Waals surface area (Å²) in [5.74, 6) is 1.38. The Bertz CT molecular complexity index is 842. The third kappa shape index (κ3) is 4.70. The smallest absolute Gasteiger partial charge is 0.251 e. The summed E-state index contributed by atoms with van der Waals surface area (Å²) in [5, 5.41) is 0. The molecule has 1 N–H and O–H groups in total. The predicted octanol–water partition coefficient (Wildman–Crippen LogP) is 3.78. The van der Waals surface area contributed by atoms with Crippen LogP contribution in [0.1, 0.15) is 49.8 Å². The first-order valence-corrected chi connectivity index (χ1v) is 10.6. The minimum atomic E-state index is -0.0507. The summed E-state index contributed by atoms with van der Waals surface area (Å²) in [6.45, 7) is 2.89. The summed E-state index contributed by atoms with van der Waals surface area (Å²) in [4.78, 5) is 22.6. The maximum atomic E-state index is 12.3. The number of methoxy groups -OCH3 is 1. The molecule has 1 aliphatic carbocycles. The van der Waals surface area contributed by atoms with Crippen molar-refractivity contribution in [3.8, 4) is 11.4 Å². The van der Waals surface area contributed by atoms with Crippen molar-refractivity contribution in [1.29, 1.82) is 0 Å². The zero-order valence-corrected chi connectivity index (χ0v) is 16.8. The minimum Gasteiger partial charge on any atom is -0.380 e. The quantitative estimate of drug-likeness (QED) is 0.827. The molecule has 2 heterocycles. The average Bonchev–Trinajstić information content (AvgIpc) is 3.21. The summed E-state index contributed by atoms with van der Waals surface area (Å²) in [7, 11) is 1.80. The third-order valence-corrected chi connectivity index (χ3v) is 6.23. The SMILES string of the molecule is COC1CCCN(Cc2ccccc2-c2nc(CC3CCCC3)cc(=O)[nH]2)C1. The third-order valence-electron chi connectivity index (χ3n) is 6.23. The van der Waals surface area contributed by atoms with Gasteiger partial charge in [-0.2, -0.15) is 0 Å². The van der Waals surface area contributed by atoms with Gasteiger partial charge in [-0.1, -0.05) is 49.9 Å². The highest BCUT2D eigenvalue weighted by atomic mass is 16.5. The van der Waals surface area contributed by atoms with Crippen molar-refractivity contribution < 1.29 is 4.74 Å². The Kier molecular flexibility index (Phi) is 6.23.